The number of anilines is 1. The number of aromatic nitrogens is 1. The van der Waals surface area contributed by atoms with Crippen LogP contribution in [0.2, 0.25) is 10.0 Å². The van der Waals surface area contributed by atoms with Gasteiger partial charge < -0.3 is 5.32 Å². The molecule has 0 saturated carbocycles. The summed E-state index contributed by atoms with van der Waals surface area (Å²) < 4.78 is 0. The number of fused-ring (bicyclic) bond motifs is 1. The number of para-hydroxylation sites is 2. The Morgan fingerprint density at radius 2 is 1.63 bits per heavy atom. The molecule has 0 aliphatic carbocycles. The summed E-state index contributed by atoms with van der Waals surface area (Å²) in [5.74, 6) is 0.116. The van der Waals surface area contributed by atoms with Crippen molar-refractivity contribution in [2.75, 3.05) is 5.32 Å². The van der Waals surface area contributed by atoms with E-state index in [0.29, 0.717) is 27.2 Å². The van der Waals surface area contributed by atoms with Gasteiger partial charge in [-0.2, -0.15) is 0 Å². The first-order valence-electron chi connectivity index (χ1n) is 9.69. The SMILES string of the molecule is CC(C)c1ccccc1NC(=O)c1cc(-c2ccc(Cl)c(Cl)c2)nc2ccccc12. The zero-order valence-electron chi connectivity index (χ0n) is 16.6. The molecule has 0 fully saturated rings. The zero-order chi connectivity index (χ0) is 21.3. The normalized spacial score (nSPS) is 11.1. The largest absolute Gasteiger partial charge is 0.322 e. The molecular weight excluding hydrogens is 415 g/mol. The number of rotatable bonds is 4. The van der Waals surface area contributed by atoms with Crippen LogP contribution in [-0.2, 0) is 0 Å². The molecule has 0 spiro atoms. The van der Waals surface area contributed by atoms with E-state index in [1.165, 1.54) is 0 Å². The van der Waals surface area contributed by atoms with Crippen molar-refractivity contribution in [3.63, 3.8) is 0 Å². The van der Waals surface area contributed by atoms with Crippen molar-refractivity contribution in [3.05, 3.63) is 94.0 Å². The number of hydrogen-bond donors (Lipinski definition) is 1. The molecular formula is C25H20Cl2N2O. The second kappa shape index (κ2) is 8.47. The van der Waals surface area contributed by atoms with Gasteiger partial charge in [0.1, 0.15) is 0 Å². The Labute approximate surface area is 185 Å². The molecule has 0 aliphatic rings. The van der Waals surface area contributed by atoms with Gasteiger partial charge in [0.2, 0.25) is 0 Å². The van der Waals surface area contributed by atoms with E-state index in [1.807, 2.05) is 54.6 Å². The summed E-state index contributed by atoms with van der Waals surface area (Å²) in [5.41, 5.74) is 4.66. The number of nitrogens with one attached hydrogen (secondary N) is 1. The van der Waals surface area contributed by atoms with Crippen LogP contribution in [-0.4, -0.2) is 10.9 Å². The minimum absolute atomic E-state index is 0.178. The number of pyridine rings is 1. The maximum Gasteiger partial charge on any atom is 0.256 e. The summed E-state index contributed by atoms with van der Waals surface area (Å²) in [6, 6.07) is 22.6. The standard InChI is InChI=1S/C25H20Cl2N2O/c1-15(2)17-7-3-5-9-22(17)29-25(30)19-14-24(16-11-12-20(26)21(27)13-16)28-23-10-6-4-8-18(19)23/h3-15H,1-2H3,(H,29,30). The van der Waals surface area contributed by atoms with Gasteiger partial charge in [-0.05, 0) is 41.8 Å². The zero-order valence-corrected chi connectivity index (χ0v) is 18.1. The van der Waals surface area contributed by atoms with Crippen molar-refractivity contribution in [1.29, 1.82) is 0 Å². The van der Waals surface area contributed by atoms with Crippen molar-refractivity contribution in [2.45, 2.75) is 19.8 Å². The molecule has 3 nitrogen and oxygen atoms in total. The fourth-order valence-electron chi connectivity index (χ4n) is 3.47. The number of benzene rings is 3. The summed E-state index contributed by atoms with van der Waals surface area (Å²) in [4.78, 5) is 18.1. The van der Waals surface area contributed by atoms with Crippen molar-refractivity contribution < 1.29 is 4.79 Å². The summed E-state index contributed by atoms with van der Waals surface area (Å²) in [7, 11) is 0. The molecule has 5 heteroatoms. The summed E-state index contributed by atoms with van der Waals surface area (Å²) in [6.07, 6.45) is 0. The highest BCUT2D eigenvalue weighted by Gasteiger charge is 2.16. The lowest BCUT2D eigenvalue weighted by Crippen LogP contribution is -2.14. The molecule has 30 heavy (non-hydrogen) atoms. The molecule has 0 atom stereocenters. The molecule has 0 radical (unpaired) electrons. The lowest BCUT2D eigenvalue weighted by molar-refractivity contribution is 0.102. The maximum atomic E-state index is 13.3. The Morgan fingerprint density at radius 3 is 2.40 bits per heavy atom. The molecule has 0 unspecified atom stereocenters. The van der Waals surface area contributed by atoms with Crippen molar-refractivity contribution in [1.82, 2.24) is 4.98 Å². The summed E-state index contributed by atoms with van der Waals surface area (Å²) >= 11 is 12.3. The number of amides is 1. The molecule has 3 aromatic carbocycles. The van der Waals surface area contributed by atoms with Gasteiger partial charge in [0.05, 0.1) is 26.8 Å². The van der Waals surface area contributed by atoms with Crippen LogP contribution >= 0.6 is 23.2 Å². The number of nitrogens with zero attached hydrogens (tertiary/aromatic N) is 1. The molecule has 4 rings (SSSR count). The second-order valence-electron chi connectivity index (χ2n) is 7.40. The van der Waals surface area contributed by atoms with E-state index in [9.17, 15) is 4.79 Å². The molecule has 0 aliphatic heterocycles. The highest BCUT2D eigenvalue weighted by Crippen LogP contribution is 2.31. The van der Waals surface area contributed by atoms with Gasteiger partial charge in [-0.3, -0.25) is 4.79 Å². The van der Waals surface area contributed by atoms with Gasteiger partial charge in [-0.1, -0.05) is 79.5 Å². The molecule has 1 amide bonds. The van der Waals surface area contributed by atoms with Gasteiger partial charge in [0.25, 0.3) is 5.91 Å². The first-order chi connectivity index (χ1) is 14.4. The average Bonchev–Trinajstić information content (AvgIpc) is 2.75. The predicted octanol–water partition coefficient (Wildman–Crippen LogP) is 7.58. The molecule has 1 heterocycles. The van der Waals surface area contributed by atoms with Crippen LogP contribution < -0.4 is 5.32 Å². The van der Waals surface area contributed by atoms with Crippen LogP contribution in [0.15, 0.2) is 72.8 Å². The van der Waals surface area contributed by atoms with Crippen LogP contribution in [0, 0.1) is 0 Å². The number of halogens is 2. The lowest BCUT2D eigenvalue weighted by Gasteiger charge is -2.15. The molecule has 0 saturated heterocycles. The van der Waals surface area contributed by atoms with Crippen LogP contribution in [0.4, 0.5) is 5.69 Å². The highest BCUT2D eigenvalue weighted by molar-refractivity contribution is 6.42. The molecule has 4 aromatic rings. The van der Waals surface area contributed by atoms with Gasteiger partial charge in [-0.15, -0.1) is 0 Å². The monoisotopic (exact) mass is 434 g/mol. The minimum atomic E-state index is -0.178. The lowest BCUT2D eigenvalue weighted by atomic mass is 10.00. The third kappa shape index (κ3) is 4.04. The van der Waals surface area contributed by atoms with Gasteiger partial charge in [0.15, 0.2) is 0 Å². The van der Waals surface area contributed by atoms with Crippen molar-refractivity contribution in [3.8, 4) is 11.3 Å². The Hall–Kier alpha value is -2.88. The van der Waals surface area contributed by atoms with E-state index >= 15 is 0 Å². The van der Waals surface area contributed by atoms with Crippen LogP contribution in [0.3, 0.4) is 0 Å². The minimum Gasteiger partial charge on any atom is -0.322 e. The smallest absolute Gasteiger partial charge is 0.256 e. The summed E-state index contributed by atoms with van der Waals surface area (Å²) in [5, 5.41) is 4.80. The van der Waals surface area contributed by atoms with E-state index in [-0.39, 0.29) is 5.91 Å². The van der Waals surface area contributed by atoms with E-state index in [1.54, 1.807) is 18.2 Å². The third-order valence-electron chi connectivity index (χ3n) is 5.01. The fraction of sp³-hybridized carbons (Fsp3) is 0.120. The molecule has 150 valence electrons. The highest BCUT2D eigenvalue weighted by atomic mass is 35.5. The number of hydrogen-bond acceptors (Lipinski definition) is 2. The van der Waals surface area contributed by atoms with Crippen LogP contribution in [0.1, 0.15) is 35.7 Å². The van der Waals surface area contributed by atoms with E-state index in [0.717, 1.165) is 27.7 Å². The fourth-order valence-corrected chi connectivity index (χ4v) is 3.77. The first kappa shape index (κ1) is 20.4. The van der Waals surface area contributed by atoms with E-state index in [4.69, 9.17) is 28.2 Å². The molecule has 0 bridgehead atoms. The average molecular weight is 435 g/mol. The Bertz CT molecular complexity index is 1250. The quantitative estimate of drug-likeness (QED) is 0.359. The predicted molar refractivity (Wildman–Crippen MR) is 126 cm³/mol. The van der Waals surface area contributed by atoms with Gasteiger partial charge in [-0.25, -0.2) is 4.98 Å². The Balaban J connectivity index is 1.82. The third-order valence-corrected chi connectivity index (χ3v) is 5.75. The van der Waals surface area contributed by atoms with Gasteiger partial charge in [0, 0.05) is 16.6 Å². The second-order valence-corrected chi connectivity index (χ2v) is 8.21. The number of carbonyl (C=O) groups is 1. The van der Waals surface area contributed by atoms with Crippen LogP contribution in [0.5, 0.6) is 0 Å². The summed E-state index contributed by atoms with van der Waals surface area (Å²) in [6.45, 7) is 4.21. The van der Waals surface area contributed by atoms with E-state index < -0.39 is 0 Å². The maximum absolute atomic E-state index is 13.3. The van der Waals surface area contributed by atoms with E-state index in [2.05, 4.69) is 19.2 Å². The molecule has 1 N–H and O–H groups in total. The first-order valence-corrected chi connectivity index (χ1v) is 10.4. The van der Waals surface area contributed by atoms with Gasteiger partial charge >= 0.3 is 0 Å². The Morgan fingerprint density at radius 1 is 0.900 bits per heavy atom. The van der Waals surface area contributed by atoms with Crippen molar-refractivity contribution in [2.24, 2.45) is 0 Å². The van der Waals surface area contributed by atoms with Crippen molar-refractivity contribution >= 4 is 45.7 Å². The Kier molecular flexibility index (Phi) is 5.76. The van der Waals surface area contributed by atoms with Crippen LogP contribution in [0.25, 0.3) is 22.2 Å². The molecule has 1 aromatic heterocycles. The topological polar surface area (TPSA) is 42.0 Å². The number of carbonyl (C=O) groups excluding carboxylic acids is 1.